The van der Waals surface area contributed by atoms with Gasteiger partial charge in [0.25, 0.3) is 11.5 Å². The number of hydrogen-bond acceptors (Lipinski definition) is 5. The number of nitrogens with zero attached hydrogens (tertiary/aromatic N) is 2. The Kier molecular flexibility index (Phi) is 5.12. The lowest BCUT2D eigenvalue weighted by atomic mass is 10.1. The summed E-state index contributed by atoms with van der Waals surface area (Å²) < 4.78 is 1.33. The van der Waals surface area contributed by atoms with Crippen molar-refractivity contribution in [1.82, 2.24) is 20.0 Å². The summed E-state index contributed by atoms with van der Waals surface area (Å²) in [6.45, 7) is 1.50. The van der Waals surface area contributed by atoms with E-state index < -0.39 is 17.6 Å². The molecule has 1 amide bonds. The molecule has 1 fully saturated rings. The predicted molar refractivity (Wildman–Crippen MR) is 83.4 cm³/mol. The zero-order valence-electron chi connectivity index (χ0n) is 11.7. The number of hydrogen-bond donors (Lipinski definition) is 3. The van der Waals surface area contributed by atoms with Crippen molar-refractivity contribution in [2.24, 2.45) is 5.92 Å². The van der Waals surface area contributed by atoms with Crippen molar-refractivity contribution < 1.29 is 9.90 Å². The van der Waals surface area contributed by atoms with Crippen LogP contribution in [-0.2, 0) is 0 Å². The minimum absolute atomic E-state index is 0. The van der Waals surface area contributed by atoms with Crippen molar-refractivity contribution in [2.75, 3.05) is 19.6 Å². The molecule has 0 aliphatic carbocycles. The Hall–Kier alpha value is -1.96. The molecule has 0 saturated carbocycles. The third kappa shape index (κ3) is 3.11. The van der Waals surface area contributed by atoms with Gasteiger partial charge >= 0.3 is 0 Å². The van der Waals surface area contributed by atoms with E-state index in [0.29, 0.717) is 25.3 Å². The first-order valence-electron chi connectivity index (χ1n) is 6.80. The van der Waals surface area contributed by atoms with Gasteiger partial charge in [-0.05, 0) is 12.1 Å². The second-order valence-corrected chi connectivity index (χ2v) is 5.10. The number of carbonyl (C=O) groups excluding carboxylic acids is 1. The summed E-state index contributed by atoms with van der Waals surface area (Å²) in [4.78, 5) is 28.4. The Balaban J connectivity index is 0.00000176. The number of β-amino-alcohol motifs (C(OH)–C–C–N with tert-alkyl or cyclic N) is 1. The number of aliphatic hydroxyl groups excluding tert-OH is 1. The van der Waals surface area contributed by atoms with E-state index in [4.69, 9.17) is 0 Å². The van der Waals surface area contributed by atoms with Crippen LogP contribution in [0.15, 0.2) is 35.4 Å². The van der Waals surface area contributed by atoms with Crippen LogP contribution < -0.4 is 16.2 Å². The number of carbonyl (C=O) groups is 1. The van der Waals surface area contributed by atoms with Gasteiger partial charge in [-0.3, -0.25) is 14.0 Å². The molecule has 1 aliphatic rings. The molecule has 0 aromatic carbocycles. The Bertz CT molecular complexity index is 733. The minimum atomic E-state index is -0.471. The summed E-state index contributed by atoms with van der Waals surface area (Å²) in [5.74, 6) is -0.505. The number of aliphatic hydroxyl groups is 1. The Labute approximate surface area is 132 Å². The van der Waals surface area contributed by atoms with Crippen molar-refractivity contribution in [3.05, 3.63) is 46.5 Å². The maximum absolute atomic E-state index is 12.2. The molecule has 22 heavy (non-hydrogen) atoms. The van der Waals surface area contributed by atoms with E-state index >= 15 is 0 Å². The molecule has 2 atom stereocenters. The number of rotatable bonds is 3. The highest BCUT2D eigenvalue weighted by molar-refractivity contribution is 5.93. The van der Waals surface area contributed by atoms with Gasteiger partial charge in [0.1, 0.15) is 11.2 Å². The molecule has 118 valence electrons. The van der Waals surface area contributed by atoms with Crippen LogP contribution in [0.25, 0.3) is 5.65 Å². The minimum Gasteiger partial charge on any atom is -0.391 e. The lowest BCUT2D eigenvalue weighted by molar-refractivity contribution is 0.0925. The van der Waals surface area contributed by atoms with E-state index in [9.17, 15) is 14.7 Å². The first-order valence-corrected chi connectivity index (χ1v) is 6.80. The normalized spacial score (nSPS) is 20.6. The molecule has 3 rings (SSSR count). The van der Waals surface area contributed by atoms with Crippen LogP contribution in [-0.4, -0.2) is 46.1 Å². The fourth-order valence-corrected chi connectivity index (χ4v) is 2.43. The van der Waals surface area contributed by atoms with Crippen LogP contribution in [0.1, 0.15) is 10.4 Å². The Morgan fingerprint density at radius 3 is 3.00 bits per heavy atom. The third-order valence-electron chi connectivity index (χ3n) is 3.69. The monoisotopic (exact) mass is 324 g/mol. The zero-order valence-corrected chi connectivity index (χ0v) is 12.5. The summed E-state index contributed by atoms with van der Waals surface area (Å²) >= 11 is 0. The van der Waals surface area contributed by atoms with Crippen molar-refractivity contribution in [3.63, 3.8) is 0 Å². The van der Waals surface area contributed by atoms with Gasteiger partial charge in [0.05, 0.1) is 6.10 Å². The second kappa shape index (κ2) is 6.87. The van der Waals surface area contributed by atoms with Gasteiger partial charge in [-0.2, -0.15) is 0 Å². The van der Waals surface area contributed by atoms with E-state index in [2.05, 4.69) is 15.6 Å². The number of amides is 1. The summed E-state index contributed by atoms with van der Waals surface area (Å²) in [6, 6.07) is 5.18. The average molecular weight is 325 g/mol. The van der Waals surface area contributed by atoms with E-state index in [1.165, 1.54) is 10.6 Å². The van der Waals surface area contributed by atoms with Crippen LogP contribution in [0, 0.1) is 5.92 Å². The highest BCUT2D eigenvalue weighted by atomic mass is 35.5. The maximum atomic E-state index is 12.2. The summed E-state index contributed by atoms with van der Waals surface area (Å²) in [7, 11) is 0. The van der Waals surface area contributed by atoms with Gasteiger partial charge in [-0.25, -0.2) is 4.98 Å². The molecule has 0 radical (unpaired) electrons. The van der Waals surface area contributed by atoms with E-state index in [0.717, 1.165) is 0 Å². The van der Waals surface area contributed by atoms with E-state index in [1.807, 2.05) is 0 Å². The lowest BCUT2D eigenvalue weighted by Gasteiger charge is -2.13. The topological polar surface area (TPSA) is 95.7 Å². The maximum Gasteiger partial charge on any atom is 0.270 e. The Morgan fingerprint density at radius 2 is 2.27 bits per heavy atom. The van der Waals surface area contributed by atoms with Crippen LogP contribution >= 0.6 is 12.4 Å². The Morgan fingerprint density at radius 1 is 1.45 bits per heavy atom. The van der Waals surface area contributed by atoms with Crippen molar-refractivity contribution in [1.29, 1.82) is 0 Å². The summed E-state index contributed by atoms with van der Waals surface area (Å²) in [5.41, 5.74) is 0.0943. The molecule has 1 aliphatic heterocycles. The van der Waals surface area contributed by atoms with Gasteiger partial charge in [0.15, 0.2) is 0 Å². The summed E-state index contributed by atoms with van der Waals surface area (Å²) in [5, 5.41) is 15.4. The van der Waals surface area contributed by atoms with Gasteiger partial charge in [-0.1, -0.05) is 6.07 Å². The SMILES string of the molecule is Cl.O=C(NCC1CNCC1O)c1cnc2ccccn2c1=O. The molecule has 8 heteroatoms. The molecule has 1 saturated heterocycles. The third-order valence-corrected chi connectivity index (χ3v) is 3.69. The van der Waals surface area contributed by atoms with Gasteiger partial charge in [0.2, 0.25) is 0 Å². The van der Waals surface area contributed by atoms with Crippen LogP contribution in [0.4, 0.5) is 0 Å². The summed E-state index contributed by atoms with van der Waals surface area (Å²) in [6.07, 6.45) is 2.39. The first kappa shape index (κ1) is 16.4. The highest BCUT2D eigenvalue weighted by Crippen LogP contribution is 2.07. The second-order valence-electron chi connectivity index (χ2n) is 5.10. The fourth-order valence-electron chi connectivity index (χ4n) is 2.43. The molecular weight excluding hydrogens is 308 g/mol. The number of fused-ring (bicyclic) bond motifs is 1. The quantitative estimate of drug-likeness (QED) is 0.702. The zero-order chi connectivity index (χ0) is 14.8. The lowest BCUT2D eigenvalue weighted by Crippen LogP contribution is -2.37. The smallest absolute Gasteiger partial charge is 0.270 e. The van der Waals surface area contributed by atoms with E-state index in [1.54, 1.807) is 24.4 Å². The van der Waals surface area contributed by atoms with Crippen molar-refractivity contribution in [2.45, 2.75) is 6.10 Å². The molecule has 2 aromatic heterocycles. The number of aromatic nitrogens is 2. The molecule has 0 spiro atoms. The van der Waals surface area contributed by atoms with Gasteiger partial charge < -0.3 is 15.7 Å². The number of pyridine rings is 1. The van der Waals surface area contributed by atoms with E-state index in [-0.39, 0.29) is 23.9 Å². The molecule has 7 nitrogen and oxygen atoms in total. The molecule has 0 bridgehead atoms. The van der Waals surface area contributed by atoms with Crippen LogP contribution in [0.5, 0.6) is 0 Å². The first-order chi connectivity index (χ1) is 10.2. The number of nitrogens with one attached hydrogen (secondary N) is 2. The molecule has 3 N–H and O–H groups in total. The van der Waals surface area contributed by atoms with Gasteiger partial charge in [0, 0.05) is 37.9 Å². The molecule has 2 unspecified atom stereocenters. The van der Waals surface area contributed by atoms with Crippen LogP contribution in [0.3, 0.4) is 0 Å². The fraction of sp³-hybridized carbons (Fsp3) is 0.357. The number of halogens is 1. The van der Waals surface area contributed by atoms with Crippen LogP contribution in [0.2, 0.25) is 0 Å². The molecular formula is C14H17ClN4O3. The molecule has 3 heterocycles. The largest absolute Gasteiger partial charge is 0.391 e. The highest BCUT2D eigenvalue weighted by Gasteiger charge is 2.25. The standard InChI is InChI=1S/C14H16N4O3.ClH/c19-11-8-15-5-9(11)6-17-13(20)10-7-16-12-3-1-2-4-18(12)14(10)21;/h1-4,7,9,11,15,19H,5-6,8H2,(H,17,20);1H. The van der Waals surface area contributed by atoms with Crippen molar-refractivity contribution in [3.8, 4) is 0 Å². The predicted octanol–water partition coefficient (Wildman–Crippen LogP) is -0.574. The molecule has 2 aromatic rings. The van der Waals surface area contributed by atoms with Crippen molar-refractivity contribution >= 4 is 24.0 Å². The van der Waals surface area contributed by atoms with Gasteiger partial charge in [-0.15, -0.1) is 12.4 Å². The average Bonchev–Trinajstić information content (AvgIpc) is 2.91.